The van der Waals surface area contributed by atoms with Gasteiger partial charge in [-0.05, 0) is 38.0 Å². The predicted molar refractivity (Wildman–Crippen MR) is 69.2 cm³/mol. The van der Waals surface area contributed by atoms with Gasteiger partial charge >= 0.3 is 0 Å². The van der Waals surface area contributed by atoms with Crippen LogP contribution in [0.4, 0.5) is 0 Å². The molecule has 0 aromatic rings. The van der Waals surface area contributed by atoms with E-state index >= 15 is 0 Å². The van der Waals surface area contributed by atoms with Crippen LogP contribution in [0, 0.1) is 0 Å². The molecular weight excluding hydrogens is 206 g/mol. The number of hydrogen-bond acceptors (Lipinski definition) is 2. The molecule has 4 heteroatoms. The molecule has 1 atom stereocenters. The second kappa shape index (κ2) is 7.01. The zero-order chi connectivity index (χ0) is 11.1. The summed E-state index contributed by atoms with van der Waals surface area (Å²) in [5.74, 6) is 0. The van der Waals surface area contributed by atoms with Crippen molar-refractivity contribution in [1.29, 1.82) is 0 Å². The van der Waals surface area contributed by atoms with Crippen molar-refractivity contribution in [1.82, 2.24) is 15.5 Å². The number of likely N-dealkylation sites (tertiary alicyclic amines) is 1. The minimum atomic E-state index is 0.750. The van der Waals surface area contributed by atoms with Gasteiger partial charge in [0.15, 0.2) is 5.11 Å². The zero-order valence-corrected chi connectivity index (χ0v) is 10.7. The predicted octanol–water partition coefficient (Wildman–Crippen LogP) is 1.34. The first kappa shape index (κ1) is 12.7. The lowest BCUT2D eigenvalue weighted by Crippen LogP contribution is -2.44. The van der Waals surface area contributed by atoms with Gasteiger partial charge in [-0.2, -0.15) is 0 Å². The molecule has 0 bridgehead atoms. The fourth-order valence-corrected chi connectivity index (χ4v) is 2.32. The zero-order valence-electron chi connectivity index (χ0n) is 9.88. The van der Waals surface area contributed by atoms with Gasteiger partial charge in [0.25, 0.3) is 0 Å². The van der Waals surface area contributed by atoms with E-state index in [9.17, 15) is 0 Å². The monoisotopic (exact) mass is 229 g/mol. The topological polar surface area (TPSA) is 27.3 Å². The molecule has 1 aliphatic rings. The molecule has 0 saturated carbocycles. The van der Waals surface area contributed by atoms with Gasteiger partial charge in [-0.25, -0.2) is 0 Å². The number of hydrogen-bond donors (Lipinski definition) is 2. The number of piperidine rings is 1. The maximum Gasteiger partial charge on any atom is 0.166 e. The highest BCUT2D eigenvalue weighted by atomic mass is 32.1. The van der Waals surface area contributed by atoms with Crippen LogP contribution in [0.25, 0.3) is 0 Å². The molecule has 0 amide bonds. The highest BCUT2D eigenvalue weighted by molar-refractivity contribution is 7.80. The third kappa shape index (κ3) is 4.34. The van der Waals surface area contributed by atoms with E-state index in [-0.39, 0.29) is 0 Å². The summed E-state index contributed by atoms with van der Waals surface area (Å²) in [6.45, 7) is 5.61. The lowest BCUT2D eigenvalue weighted by Gasteiger charge is -2.35. The summed E-state index contributed by atoms with van der Waals surface area (Å²) in [5.41, 5.74) is 0. The third-order valence-corrected chi connectivity index (χ3v) is 3.48. The van der Waals surface area contributed by atoms with E-state index in [0.717, 1.165) is 24.2 Å². The highest BCUT2D eigenvalue weighted by Crippen LogP contribution is 2.18. The molecule has 1 rings (SSSR count). The number of nitrogens with zero attached hydrogens (tertiary/aromatic N) is 1. The van der Waals surface area contributed by atoms with Crippen LogP contribution in [-0.4, -0.2) is 42.7 Å². The fraction of sp³-hybridized carbons (Fsp3) is 0.909. The summed E-state index contributed by atoms with van der Waals surface area (Å²) >= 11 is 5.04. The standard InChI is InChI=1S/C11H23N3S/c1-3-10-6-4-5-8-14(10)9-7-13-11(15)12-2/h10H,3-9H2,1-2H3,(H2,12,13,15). The van der Waals surface area contributed by atoms with Crippen molar-refractivity contribution in [2.45, 2.75) is 38.6 Å². The molecule has 0 radical (unpaired) electrons. The van der Waals surface area contributed by atoms with Crippen molar-refractivity contribution in [2.24, 2.45) is 0 Å². The lowest BCUT2D eigenvalue weighted by atomic mass is 10.0. The van der Waals surface area contributed by atoms with Gasteiger partial charge in [-0.1, -0.05) is 13.3 Å². The van der Waals surface area contributed by atoms with E-state index in [0.29, 0.717) is 0 Å². The number of rotatable bonds is 4. The Morgan fingerprint density at radius 3 is 2.93 bits per heavy atom. The first-order valence-corrected chi connectivity index (χ1v) is 6.38. The molecule has 0 spiro atoms. The molecule has 1 saturated heterocycles. The summed E-state index contributed by atoms with van der Waals surface area (Å²) in [6.07, 6.45) is 5.40. The van der Waals surface area contributed by atoms with Crippen molar-refractivity contribution in [3.8, 4) is 0 Å². The minimum absolute atomic E-state index is 0.750. The Hall–Kier alpha value is -0.350. The Balaban J connectivity index is 2.20. The molecule has 1 unspecified atom stereocenters. The van der Waals surface area contributed by atoms with Crippen LogP contribution >= 0.6 is 12.2 Å². The minimum Gasteiger partial charge on any atom is -0.366 e. The summed E-state index contributed by atoms with van der Waals surface area (Å²) in [6, 6.07) is 0.795. The molecule has 1 heterocycles. The lowest BCUT2D eigenvalue weighted by molar-refractivity contribution is 0.147. The molecule has 0 aliphatic carbocycles. The van der Waals surface area contributed by atoms with E-state index in [1.807, 2.05) is 7.05 Å². The van der Waals surface area contributed by atoms with Gasteiger partial charge in [0.05, 0.1) is 0 Å². The summed E-state index contributed by atoms with van der Waals surface area (Å²) < 4.78 is 0. The number of nitrogens with one attached hydrogen (secondary N) is 2. The average Bonchev–Trinajstić information content (AvgIpc) is 2.29. The van der Waals surface area contributed by atoms with Crippen LogP contribution < -0.4 is 10.6 Å². The average molecular weight is 229 g/mol. The van der Waals surface area contributed by atoms with E-state index in [2.05, 4.69) is 22.5 Å². The maximum absolute atomic E-state index is 5.04. The molecule has 1 aliphatic heterocycles. The van der Waals surface area contributed by atoms with Gasteiger partial charge < -0.3 is 10.6 Å². The van der Waals surface area contributed by atoms with E-state index in [1.54, 1.807) is 0 Å². The van der Waals surface area contributed by atoms with E-state index < -0.39 is 0 Å². The smallest absolute Gasteiger partial charge is 0.166 e. The van der Waals surface area contributed by atoms with Crippen LogP contribution in [0.15, 0.2) is 0 Å². The third-order valence-electron chi connectivity index (χ3n) is 3.13. The van der Waals surface area contributed by atoms with Crippen LogP contribution in [-0.2, 0) is 0 Å². The Bertz CT molecular complexity index is 196. The number of thiocarbonyl (C=S) groups is 1. The van der Waals surface area contributed by atoms with Gasteiger partial charge in [0.2, 0.25) is 0 Å². The SMILES string of the molecule is CCC1CCCCN1CCNC(=S)NC. The van der Waals surface area contributed by atoms with Crippen molar-refractivity contribution in [2.75, 3.05) is 26.7 Å². The van der Waals surface area contributed by atoms with Gasteiger partial charge in [-0.15, -0.1) is 0 Å². The van der Waals surface area contributed by atoms with Crippen molar-refractivity contribution < 1.29 is 0 Å². The van der Waals surface area contributed by atoms with E-state index in [1.165, 1.54) is 32.2 Å². The van der Waals surface area contributed by atoms with Gasteiger partial charge in [0, 0.05) is 26.2 Å². The van der Waals surface area contributed by atoms with Crippen molar-refractivity contribution in [3.63, 3.8) is 0 Å². The molecule has 0 aromatic carbocycles. The summed E-state index contributed by atoms with van der Waals surface area (Å²) in [4.78, 5) is 2.59. The van der Waals surface area contributed by atoms with Crippen LogP contribution in [0.3, 0.4) is 0 Å². The quantitative estimate of drug-likeness (QED) is 0.712. The Kier molecular flexibility index (Phi) is 5.95. The molecule has 3 nitrogen and oxygen atoms in total. The molecule has 2 N–H and O–H groups in total. The van der Waals surface area contributed by atoms with Crippen LogP contribution in [0.1, 0.15) is 32.6 Å². The second-order valence-corrected chi connectivity index (χ2v) is 4.51. The summed E-state index contributed by atoms with van der Waals surface area (Å²) in [7, 11) is 1.85. The van der Waals surface area contributed by atoms with Gasteiger partial charge in [-0.3, -0.25) is 4.90 Å². The molecule has 1 fully saturated rings. The Morgan fingerprint density at radius 2 is 2.27 bits per heavy atom. The summed E-state index contributed by atoms with van der Waals surface area (Å²) in [5, 5.41) is 6.88. The van der Waals surface area contributed by atoms with Crippen molar-refractivity contribution in [3.05, 3.63) is 0 Å². The Labute approximate surface area is 98.6 Å². The fourth-order valence-electron chi connectivity index (χ4n) is 2.22. The first-order valence-electron chi connectivity index (χ1n) is 5.97. The van der Waals surface area contributed by atoms with E-state index in [4.69, 9.17) is 12.2 Å². The largest absolute Gasteiger partial charge is 0.366 e. The van der Waals surface area contributed by atoms with Crippen LogP contribution in [0.2, 0.25) is 0 Å². The second-order valence-electron chi connectivity index (χ2n) is 4.10. The maximum atomic E-state index is 5.04. The highest BCUT2D eigenvalue weighted by Gasteiger charge is 2.19. The molecular formula is C11H23N3S. The van der Waals surface area contributed by atoms with Gasteiger partial charge in [0.1, 0.15) is 0 Å². The molecule has 88 valence electrons. The molecule has 15 heavy (non-hydrogen) atoms. The normalized spacial score (nSPS) is 22.4. The Morgan fingerprint density at radius 1 is 1.47 bits per heavy atom. The first-order chi connectivity index (χ1) is 7.27. The van der Waals surface area contributed by atoms with Crippen molar-refractivity contribution >= 4 is 17.3 Å². The molecule has 0 aromatic heterocycles. The van der Waals surface area contributed by atoms with Crippen LogP contribution in [0.5, 0.6) is 0 Å².